The fourth-order valence-corrected chi connectivity index (χ4v) is 4.08. The van der Waals surface area contributed by atoms with E-state index in [1.165, 1.54) is 12.3 Å². The van der Waals surface area contributed by atoms with Gasteiger partial charge in [-0.15, -0.1) is 0 Å². The number of urea groups is 1. The average Bonchev–Trinajstić information content (AvgIpc) is 2.72. The van der Waals surface area contributed by atoms with E-state index in [1.807, 2.05) is 45.0 Å². The summed E-state index contributed by atoms with van der Waals surface area (Å²) < 4.78 is 40.6. The van der Waals surface area contributed by atoms with E-state index in [-0.39, 0.29) is 41.8 Å². The Bertz CT molecular complexity index is 975. The Morgan fingerprint density at radius 3 is 2.18 bits per heavy atom. The molecule has 3 rings (SSSR count). The van der Waals surface area contributed by atoms with Crippen molar-refractivity contribution in [2.75, 3.05) is 29.9 Å². The van der Waals surface area contributed by atoms with Crippen molar-refractivity contribution in [2.24, 2.45) is 5.41 Å². The number of hydrogen-bond donors (Lipinski definition) is 1. The molecule has 1 aromatic carbocycles. The second-order valence-corrected chi connectivity index (χ2v) is 10.7. The van der Waals surface area contributed by atoms with Gasteiger partial charge in [0.05, 0.1) is 11.6 Å². The molecule has 8 heteroatoms. The van der Waals surface area contributed by atoms with Gasteiger partial charge in [0.25, 0.3) is 0 Å². The number of amides is 2. The largest absolute Gasteiger partial charge is 0.419 e. The van der Waals surface area contributed by atoms with Crippen LogP contribution < -0.4 is 10.2 Å². The van der Waals surface area contributed by atoms with E-state index in [0.29, 0.717) is 12.2 Å². The standard InChI is InChI=1S/C25H33F3N4O/c1-23(2,3)17-9-11-18(12-10-17)30-22(33)32-15-14-31(16-20(32)24(4,5)6)21-19(25(26,27)28)8-7-13-29-21/h7-13,20H,14-16H2,1-6H3,(H,30,33). The number of pyridine rings is 1. The highest BCUT2D eigenvalue weighted by atomic mass is 19.4. The highest BCUT2D eigenvalue weighted by Crippen LogP contribution is 2.37. The summed E-state index contributed by atoms with van der Waals surface area (Å²) >= 11 is 0. The van der Waals surface area contributed by atoms with Crippen LogP contribution in [0, 0.1) is 5.41 Å². The summed E-state index contributed by atoms with van der Waals surface area (Å²) in [6.07, 6.45) is -3.12. The van der Waals surface area contributed by atoms with E-state index in [4.69, 9.17) is 0 Å². The average molecular weight is 463 g/mol. The number of piperazine rings is 1. The highest BCUT2D eigenvalue weighted by Gasteiger charge is 2.41. The number of nitrogens with zero attached hydrogens (tertiary/aromatic N) is 3. The normalized spacial score (nSPS) is 17.8. The third-order valence-corrected chi connectivity index (χ3v) is 6.03. The first-order valence-corrected chi connectivity index (χ1v) is 11.1. The van der Waals surface area contributed by atoms with E-state index in [9.17, 15) is 18.0 Å². The first-order chi connectivity index (χ1) is 15.2. The molecule has 33 heavy (non-hydrogen) atoms. The van der Waals surface area contributed by atoms with Gasteiger partial charge in [0.15, 0.2) is 0 Å². The van der Waals surface area contributed by atoms with Gasteiger partial charge in [0.2, 0.25) is 0 Å². The van der Waals surface area contributed by atoms with Crippen LogP contribution in [-0.2, 0) is 11.6 Å². The van der Waals surface area contributed by atoms with Gasteiger partial charge in [-0.2, -0.15) is 13.2 Å². The smallest absolute Gasteiger partial charge is 0.352 e. The zero-order valence-corrected chi connectivity index (χ0v) is 20.1. The lowest BCUT2D eigenvalue weighted by Gasteiger charge is -2.47. The number of hydrogen-bond acceptors (Lipinski definition) is 3. The lowest BCUT2D eigenvalue weighted by molar-refractivity contribution is -0.137. The van der Waals surface area contributed by atoms with Crippen molar-refractivity contribution in [2.45, 2.75) is 59.2 Å². The molecule has 1 aromatic heterocycles. The van der Waals surface area contributed by atoms with Crippen molar-refractivity contribution in [1.82, 2.24) is 9.88 Å². The molecule has 0 spiro atoms. The molecule has 1 saturated heterocycles. The van der Waals surface area contributed by atoms with E-state index < -0.39 is 11.7 Å². The Hall–Kier alpha value is -2.77. The molecule has 0 saturated carbocycles. The molecule has 180 valence electrons. The van der Waals surface area contributed by atoms with Crippen molar-refractivity contribution in [1.29, 1.82) is 0 Å². The highest BCUT2D eigenvalue weighted by molar-refractivity contribution is 5.89. The van der Waals surface area contributed by atoms with Gasteiger partial charge >= 0.3 is 12.2 Å². The summed E-state index contributed by atoms with van der Waals surface area (Å²) in [4.78, 5) is 20.6. The Balaban J connectivity index is 1.80. The fourth-order valence-electron chi connectivity index (χ4n) is 4.08. The molecule has 1 atom stereocenters. The Morgan fingerprint density at radius 1 is 1.00 bits per heavy atom. The van der Waals surface area contributed by atoms with Crippen molar-refractivity contribution in [3.8, 4) is 0 Å². The molecule has 5 nitrogen and oxygen atoms in total. The summed E-state index contributed by atoms with van der Waals surface area (Å²) in [6, 6.07) is 9.53. The first-order valence-electron chi connectivity index (χ1n) is 11.1. The third-order valence-electron chi connectivity index (χ3n) is 6.03. The number of halogens is 3. The molecule has 1 aliphatic rings. The Morgan fingerprint density at radius 2 is 1.64 bits per heavy atom. The number of carbonyl (C=O) groups excluding carboxylic acids is 1. The van der Waals surface area contributed by atoms with Crippen molar-refractivity contribution >= 4 is 17.5 Å². The molecule has 1 unspecified atom stereocenters. The molecule has 1 N–H and O–H groups in total. The fraction of sp³-hybridized carbons (Fsp3) is 0.520. The molecule has 2 heterocycles. The van der Waals surface area contributed by atoms with Gasteiger partial charge in [0.1, 0.15) is 5.82 Å². The maximum atomic E-state index is 13.5. The van der Waals surface area contributed by atoms with Gasteiger partial charge in [0, 0.05) is 31.5 Å². The molecule has 2 amide bonds. The van der Waals surface area contributed by atoms with Crippen LogP contribution in [0.5, 0.6) is 0 Å². The number of aromatic nitrogens is 1. The van der Waals surface area contributed by atoms with E-state index in [2.05, 4.69) is 31.1 Å². The van der Waals surface area contributed by atoms with Crippen molar-refractivity contribution < 1.29 is 18.0 Å². The van der Waals surface area contributed by atoms with Gasteiger partial charge in [-0.25, -0.2) is 9.78 Å². The number of nitrogens with one attached hydrogen (secondary N) is 1. The lowest BCUT2D eigenvalue weighted by atomic mass is 9.84. The predicted molar refractivity (Wildman–Crippen MR) is 126 cm³/mol. The Labute approximate surface area is 194 Å². The molecular formula is C25H33F3N4O. The summed E-state index contributed by atoms with van der Waals surface area (Å²) in [5.74, 6) is -0.0860. The van der Waals surface area contributed by atoms with E-state index in [0.717, 1.165) is 11.6 Å². The van der Waals surface area contributed by atoms with Gasteiger partial charge in [-0.1, -0.05) is 53.7 Å². The van der Waals surface area contributed by atoms with E-state index >= 15 is 0 Å². The van der Waals surface area contributed by atoms with Crippen LogP contribution in [0.25, 0.3) is 0 Å². The van der Waals surface area contributed by atoms with Gasteiger partial charge in [-0.05, 0) is 40.7 Å². The van der Waals surface area contributed by atoms with Crippen LogP contribution >= 0.6 is 0 Å². The maximum Gasteiger partial charge on any atom is 0.419 e. The Kier molecular flexibility index (Phi) is 6.69. The van der Waals surface area contributed by atoms with Crippen LogP contribution in [0.3, 0.4) is 0 Å². The minimum Gasteiger partial charge on any atom is -0.352 e. The second-order valence-electron chi connectivity index (χ2n) is 10.7. The summed E-state index contributed by atoms with van der Waals surface area (Å²) in [6.45, 7) is 13.2. The van der Waals surface area contributed by atoms with Crippen LogP contribution in [0.4, 0.5) is 29.5 Å². The number of benzene rings is 1. The third kappa shape index (κ3) is 5.78. The zero-order chi connectivity index (χ0) is 24.6. The SMILES string of the molecule is CC(C)(C)c1ccc(NC(=O)N2CCN(c3ncccc3C(F)(F)F)CC2C(C)(C)C)cc1. The minimum absolute atomic E-state index is 0.0109. The monoisotopic (exact) mass is 462 g/mol. The molecule has 0 radical (unpaired) electrons. The topological polar surface area (TPSA) is 48.5 Å². The van der Waals surface area contributed by atoms with Crippen molar-refractivity contribution in [3.63, 3.8) is 0 Å². The van der Waals surface area contributed by atoms with Crippen LogP contribution in [0.2, 0.25) is 0 Å². The molecule has 2 aromatic rings. The zero-order valence-electron chi connectivity index (χ0n) is 20.1. The van der Waals surface area contributed by atoms with Crippen LogP contribution in [0.15, 0.2) is 42.6 Å². The lowest BCUT2D eigenvalue weighted by Crippen LogP contribution is -2.61. The summed E-state index contributed by atoms with van der Waals surface area (Å²) in [5, 5.41) is 2.96. The molecule has 0 bridgehead atoms. The minimum atomic E-state index is -4.49. The van der Waals surface area contributed by atoms with Gasteiger partial charge < -0.3 is 15.1 Å². The number of rotatable bonds is 2. The van der Waals surface area contributed by atoms with Crippen molar-refractivity contribution in [3.05, 3.63) is 53.7 Å². The van der Waals surface area contributed by atoms with E-state index in [1.54, 1.807) is 9.80 Å². The molecule has 0 aliphatic carbocycles. The number of alkyl halides is 3. The first kappa shape index (κ1) is 24.9. The second kappa shape index (κ2) is 8.88. The van der Waals surface area contributed by atoms with Crippen LogP contribution in [-0.4, -0.2) is 41.6 Å². The summed E-state index contributed by atoms with van der Waals surface area (Å²) in [7, 11) is 0. The predicted octanol–water partition coefficient (Wildman–Crippen LogP) is 6.17. The van der Waals surface area contributed by atoms with Gasteiger partial charge in [-0.3, -0.25) is 0 Å². The maximum absolute atomic E-state index is 13.5. The number of anilines is 2. The quantitative estimate of drug-likeness (QED) is 0.581. The summed E-state index contributed by atoms with van der Waals surface area (Å²) in [5.41, 5.74) is 0.759. The number of carbonyl (C=O) groups is 1. The van der Waals surface area contributed by atoms with Crippen LogP contribution in [0.1, 0.15) is 52.7 Å². The molecule has 1 fully saturated rings. The molecular weight excluding hydrogens is 429 g/mol. The molecule has 1 aliphatic heterocycles.